The molecule has 0 unspecified atom stereocenters. The summed E-state index contributed by atoms with van der Waals surface area (Å²) >= 11 is 5.13. The van der Waals surface area contributed by atoms with Crippen molar-refractivity contribution in [2.45, 2.75) is 5.33 Å². The molecule has 0 saturated carbocycles. The van der Waals surface area contributed by atoms with Crippen LogP contribution in [-0.4, -0.2) is 12.1 Å². The van der Waals surface area contributed by atoms with Crippen molar-refractivity contribution in [3.8, 4) is 27.6 Å². The fourth-order valence-electron chi connectivity index (χ4n) is 2.13. The number of rotatable bonds is 4. The molecule has 3 rings (SSSR count). The molecule has 2 aromatic carbocycles. The van der Waals surface area contributed by atoms with E-state index >= 15 is 0 Å². The third-order valence-corrected chi connectivity index (χ3v) is 5.31. The Labute approximate surface area is 140 Å². The fraction of sp³-hybridized carbons (Fsp3) is 0.118. The SMILES string of the molecule is COc1ccc(-c2nc(-c3ccc(F)cc3)sc2CBr)cc1. The summed E-state index contributed by atoms with van der Waals surface area (Å²) in [5.41, 5.74) is 2.91. The van der Waals surface area contributed by atoms with E-state index in [9.17, 15) is 4.39 Å². The van der Waals surface area contributed by atoms with Crippen LogP contribution in [0.5, 0.6) is 5.75 Å². The Morgan fingerprint density at radius 1 is 1.05 bits per heavy atom. The Morgan fingerprint density at radius 3 is 2.27 bits per heavy atom. The molecule has 1 aromatic heterocycles. The van der Waals surface area contributed by atoms with Gasteiger partial charge in [-0.2, -0.15) is 0 Å². The molecule has 1 heterocycles. The highest BCUT2D eigenvalue weighted by atomic mass is 79.9. The zero-order chi connectivity index (χ0) is 15.5. The molecule has 2 nitrogen and oxygen atoms in total. The highest BCUT2D eigenvalue weighted by molar-refractivity contribution is 9.08. The lowest BCUT2D eigenvalue weighted by molar-refractivity contribution is 0.415. The average Bonchev–Trinajstić information content (AvgIpc) is 3.00. The summed E-state index contributed by atoms with van der Waals surface area (Å²) < 4.78 is 18.2. The van der Waals surface area contributed by atoms with E-state index in [1.54, 1.807) is 30.6 Å². The minimum absolute atomic E-state index is 0.239. The highest BCUT2D eigenvalue weighted by Gasteiger charge is 2.13. The van der Waals surface area contributed by atoms with Gasteiger partial charge in [-0.1, -0.05) is 15.9 Å². The predicted octanol–water partition coefficient (Wildman–Crippen LogP) is 5.52. The van der Waals surface area contributed by atoms with Gasteiger partial charge in [0.1, 0.15) is 16.6 Å². The minimum Gasteiger partial charge on any atom is -0.497 e. The number of ether oxygens (including phenoxy) is 1. The maximum Gasteiger partial charge on any atom is 0.124 e. The maximum absolute atomic E-state index is 13.1. The highest BCUT2D eigenvalue weighted by Crippen LogP contribution is 2.35. The molecule has 0 aliphatic carbocycles. The molecule has 0 spiro atoms. The van der Waals surface area contributed by atoms with Crippen LogP contribution in [0.3, 0.4) is 0 Å². The standard InChI is InChI=1S/C17H13BrFNOS/c1-21-14-8-4-11(5-9-14)16-15(10-18)22-17(20-16)12-2-6-13(19)7-3-12/h2-9H,10H2,1H3. The second-order valence-corrected chi connectivity index (χ2v) is 6.30. The van der Waals surface area contributed by atoms with Gasteiger partial charge in [0.05, 0.1) is 12.8 Å². The van der Waals surface area contributed by atoms with E-state index in [2.05, 4.69) is 15.9 Å². The van der Waals surface area contributed by atoms with E-state index in [0.29, 0.717) is 0 Å². The molecule has 0 radical (unpaired) electrons. The van der Waals surface area contributed by atoms with Crippen LogP contribution in [0.4, 0.5) is 4.39 Å². The van der Waals surface area contributed by atoms with Crippen molar-refractivity contribution in [1.82, 2.24) is 4.98 Å². The van der Waals surface area contributed by atoms with Gasteiger partial charge in [-0.15, -0.1) is 11.3 Å². The molecule has 0 amide bonds. The Bertz CT molecular complexity index is 768. The first kappa shape index (κ1) is 15.2. The molecule has 22 heavy (non-hydrogen) atoms. The number of methoxy groups -OCH3 is 1. The van der Waals surface area contributed by atoms with E-state index in [-0.39, 0.29) is 5.82 Å². The van der Waals surface area contributed by atoms with Crippen LogP contribution >= 0.6 is 27.3 Å². The van der Waals surface area contributed by atoms with Gasteiger partial charge in [-0.25, -0.2) is 9.37 Å². The van der Waals surface area contributed by atoms with Crippen LogP contribution in [-0.2, 0) is 5.33 Å². The summed E-state index contributed by atoms with van der Waals surface area (Å²) in [5.74, 6) is 0.578. The van der Waals surface area contributed by atoms with Crippen molar-refractivity contribution in [3.63, 3.8) is 0 Å². The van der Waals surface area contributed by atoms with Gasteiger partial charge in [-0.3, -0.25) is 0 Å². The van der Waals surface area contributed by atoms with E-state index in [4.69, 9.17) is 9.72 Å². The van der Waals surface area contributed by atoms with E-state index in [0.717, 1.165) is 37.8 Å². The number of nitrogens with zero attached hydrogens (tertiary/aromatic N) is 1. The van der Waals surface area contributed by atoms with Crippen LogP contribution in [0.15, 0.2) is 48.5 Å². The van der Waals surface area contributed by atoms with Crippen molar-refractivity contribution in [2.24, 2.45) is 0 Å². The van der Waals surface area contributed by atoms with E-state index < -0.39 is 0 Å². The van der Waals surface area contributed by atoms with Crippen molar-refractivity contribution in [2.75, 3.05) is 7.11 Å². The third kappa shape index (κ3) is 3.05. The largest absolute Gasteiger partial charge is 0.497 e. The van der Waals surface area contributed by atoms with Gasteiger partial charge < -0.3 is 4.74 Å². The first-order valence-corrected chi connectivity index (χ1v) is 8.61. The molecule has 0 atom stereocenters. The third-order valence-electron chi connectivity index (χ3n) is 3.27. The molecule has 0 bridgehead atoms. The lowest BCUT2D eigenvalue weighted by atomic mass is 10.1. The molecule has 5 heteroatoms. The molecule has 0 N–H and O–H groups in total. The van der Waals surface area contributed by atoms with Crippen molar-refractivity contribution >= 4 is 27.3 Å². The monoisotopic (exact) mass is 377 g/mol. The predicted molar refractivity (Wildman–Crippen MR) is 92.1 cm³/mol. The molecule has 0 fully saturated rings. The number of hydrogen-bond acceptors (Lipinski definition) is 3. The average molecular weight is 378 g/mol. The maximum atomic E-state index is 13.1. The van der Waals surface area contributed by atoms with Gasteiger partial charge in [-0.05, 0) is 48.5 Å². The molecule has 0 saturated heterocycles. The lowest BCUT2D eigenvalue weighted by Gasteiger charge is -2.02. The molecular formula is C17H13BrFNOS. The molecule has 0 aliphatic heterocycles. The number of benzene rings is 2. The Hall–Kier alpha value is -1.72. The number of aromatic nitrogens is 1. The molecular weight excluding hydrogens is 365 g/mol. The van der Waals surface area contributed by atoms with Gasteiger partial charge >= 0.3 is 0 Å². The Balaban J connectivity index is 2.02. The van der Waals surface area contributed by atoms with Crippen LogP contribution in [0.2, 0.25) is 0 Å². The first-order valence-electron chi connectivity index (χ1n) is 6.67. The summed E-state index contributed by atoms with van der Waals surface area (Å²) in [4.78, 5) is 5.87. The summed E-state index contributed by atoms with van der Waals surface area (Å²) in [5, 5.41) is 1.62. The van der Waals surface area contributed by atoms with Crippen LogP contribution in [0, 0.1) is 5.82 Å². The van der Waals surface area contributed by atoms with Gasteiger partial charge in [0.25, 0.3) is 0 Å². The van der Waals surface area contributed by atoms with Crippen LogP contribution in [0.25, 0.3) is 21.8 Å². The smallest absolute Gasteiger partial charge is 0.124 e. The zero-order valence-corrected chi connectivity index (χ0v) is 14.2. The van der Waals surface area contributed by atoms with E-state index in [1.165, 1.54) is 12.1 Å². The lowest BCUT2D eigenvalue weighted by Crippen LogP contribution is -1.85. The quantitative estimate of drug-likeness (QED) is 0.558. The van der Waals surface area contributed by atoms with Crippen molar-refractivity contribution < 1.29 is 9.13 Å². The van der Waals surface area contributed by atoms with Crippen LogP contribution in [0.1, 0.15) is 4.88 Å². The zero-order valence-electron chi connectivity index (χ0n) is 11.8. The Kier molecular flexibility index (Phi) is 4.55. The van der Waals surface area contributed by atoms with Gasteiger partial charge in [0.15, 0.2) is 0 Å². The molecule has 0 aliphatic rings. The number of alkyl halides is 1. The number of thiazole rings is 1. The summed E-state index contributed by atoms with van der Waals surface area (Å²) in [6.07, 6.45) is 0. The fourth-order valence-corrected chi connectivity index (χ4v) is 3.68. The Morgan fingerprint density at radius 2 is 1.68 bits per heavy atom. The topological polar surface area (TPSA) is 22.1 Å². The van der Waals surface area contributed by atoms with Crippen LogP contribution < -0.4 is 4.74 Å². The first-order chi connectivity index (χ1) is 10.7. The summed E-state index contributed by atoms with van der Waals surface area (Å²) in [6.45, 7) is 0. The molecule has 112 valence electrons. The second-order valence-electron chi connectivity index (χ2n) is 4.66. The molecule has 3 aromatic rings. The normalized spacial score (nSPS) is 10.7. The minimum atomic E-state index is -0.239. The summed E-state index contributed by atoms with van der Waals surface area (Å²) in [6, 6.07) is 14.3. The number of halogens is 2. The van der Waals surface area contributed by atoms with Crippen molar-refractivity contribution in [3.05, 3.63) is 59.2 Å². The van der Waals surface area contributed by atoms with Gasteiger partial charge in [0, 0.05) is 21.3 Å². The van der Waals surface area contributed by atoms with E-state index in [1.807, 2.05) is 24.3 Å². The summed E-state index contributed by atoms with van der Waals surface area (Å²) in [7, 11) is 1.65. The second kappa shape index (κ2) is 6.58. The van der Waals surface area contributed by atoms with Gasteiger partial charge in [0.2, 0.25) is 0 Å². The number of hydrogen-bond donors (Lipinski definition) is 0. The van der Waals surface area contributed by atoms with Crippen molar-refractivity contribution in [1.29, 1.82) is 0 Å².